The van der Waals surface area contributed by atoms with E-state index in [1.165, 1.54) is 6.42 Å². The Hall–Kier alpha value is -1.06. The van der Waals surface area contributed by atoms with E-state index in [0.29, 0.717) is 11.1 Å². The maximum atomic E-state index is 12.5. The number of piperidine rings is 1. The second-order valence-corrected chi connectivity index (χ2v) is 5.51. The number of piperazine rings is 1. The van der Waals surface area contributed by atoms with Crippen LogP contribution in [0, 0.1) is 0 Å². The molecule has 3 rings (SSSR count). The average molecular weight is 265 g/mol. The van der Waals surface area contributed by atoms with E-state index in [0.717, 1.165) is 31.5 Å². The summed E-state index contributed by atoms with van der Waals surface area (Å²) in [4.78, 5) is 14.5. The number of rotatable bonds is 1. The summed E-state index contributed by atoms with van der Waals surface area (Å²) in [6.45, 7) is 1.81. The number of nitrogens with one attached hydrogen (secondary N) is 1. The van der Waals surface area contributed by atoms with E-state index in [2.05, 4.69) is 10.2 Å². The molecule has 2 aliphatic rings. The van der Waals surface area contributed by atoms with Crippen LogP contribution in [0.5, 0.6) is 0 Å². The molecule has 0 aliphatic carbocycles. The number of benzene rings is 1. The Balaban J connectivity index is 1.81. The molecule has 0 aromatic heterocycles. The molecule has 2 fully saturated rings. The Labute approximate surface area is 112 Å². The molecule has 1 N–H and O–H groups in total. The SMILES string of the molecule is O=C1C(c2ccc(Cl)cc2)NCC2CCCCN12. The van der Waals surface area contributed by atoms with Crippen LogP contribution >= 0.6 is 11.6 Å². The summed E-state index contributed by atoms with van der Waals surface area (Å²) in [6.07, 6.45) is 3.50. The molecule has 2 heterocycles. The van der Waals surface area contributed by atoms with Crippen molar-refractivity contribution in [2.24, 2.45) is 0 Å². The molecule has 2 atom stereocenters. The molecule has 2 aliphatic heterocycles. The van der Waals surface area contributed by atoms with Crippen molar-refractivity contribution in [2.75, 3.05) is 13.1 Å². The van der Waals surface area contributed by atoms with E-state index >= 15 is 0 Å². The van der Waals surface area contributed by atoms with Crippen molar-refractivity contribution in [1.29, 1.82) is 0 Å². The van der Waals surface area contributed by atoms with Gasteiger partial charge < -0.3 is 10.2 Å². The molecule has 1 aromatic rings. The van der Waals surface area contributed by atoms with Gasteiger partial charge in [0.1, 0.15) is 6.04 Å². The van der Waals surface area contributed by atoms with Gasteiger partial charge in [-0.1, -0.05) is 23.7 Å². The summed E-state index contributed by atoms with van der Waals surface area (Å²) in [5, 5.41) is 4.08. The first-order valence-electron chi connectivity index (χ1n) is 6.55. The minimum absolute atomic E-state index is 0.198. The van der Waals surface area contributed by atoms with Crippen molar-refractivity contribution < 1.29 is 4.79 Å². The summed E-state index contributed by atoms with van der Waals surface area (Å²) in [5.41, 5.74) is 1.01. The van der Waals surface area contributed by atoms with Crippen LogP contribution in [0.1, 0.15) is 30.9 Å². The Morgan fingerprint density at radius 2 is 2.00 bits per heavy atom. The molecular weight excluding hydrogens is 248 g/mol. The van der Waals surface area contributed by atoms with E-state index in [1.807, 2.05) is 24.3 Å². The second kappa shape index (κ2) is 4.90. The zero-order chi connectivity index (χ0) is 12.5. The lowest BCUT2D eigenvalue weighted by Gasteiger charge is -2.42. The highest BCUT2D eigenvalue weighted by atomic mass is 35.5. The number of fused-ring (bicyclic) bond motifs is 1. The van der Waals surface area contributed by atoms with Gasteiger partial charge in [0, 0.05) is 24.2 Å². The number of nitrogens with zero attached hydrogens (tertiary/aromatic N) is 1. The molecule has 2 unspecified atom stereocenters. The highest BCUT2D eigenvalue weighted by Gasteiger charge is 2.36. The summed E-state index contributed by atoms with van der Waals surface area (Å²) in [5.74, 6) is 0.216. The molecule has 0 saturated carbocycles. The lowest BCUT2D eigenvalue weighted by molar-refractivity contribution is -0.140. The zero-order valence-corrected chi connectivity index (χ0v) is 11.0. The number of hydrogen-bond donors (Lipinski definition) is 1. The Morgan fingerprint density at radius 3 is 2.78 bits per heavy atom. The summed E-state index contributed by atoms with van der Waals surface area (Å²) in [7, 11) is 0. The lowest BCUT2D eigenvalue weighted by atomic mass is 9.95. The minimum atomic E-state index is -0.198. The molecule has 18 heavy (non-hydrogen) atoms. The molecule has 2 saturated heterocycles. The first-order valence-corrected chi connectivity index (χ1v) is 6.93. The molecule has 0 spiro atoms. The van der Waals surface area contributed by atoms with Crippen LogP contribution in [-0.4, -0.2) is 29.9 Å². The fourth-order valence-corrected chi connectivity index (χ4v) is 3.05. The van der Waals surface area contributed by atoms with E-state index < -0.39 is 0 Å². The van der Waals surface area contributed by atoms with Crippen molar-refractivity contribution >= 4 is 17.5 Å². The van der Waals surface area contributed by atoms with Gasteiger partial charge in [-0.25, -0.2) is 0 Å². The second-order valence-electron chi connectivity index (χ2n) is 5.07. The molecule has 1 amide bonds. The smallest absolute Gasteiger partial charge is 0.244 e. The first kappa shape index (κ1) is 12.0. The standard InChI is InChI=1S/C14H17ClN2O/c15-11-6-4-10(5-7-11)13-14(18)17-8-2-1-3-12(17)9-16-13/h4-7,12-13,16H,1-3,8-9H2. The quantitative estimate of drug-likeness (QED) is 0.845. The van der Waals surface area contributed by atoms with Gasteiger partial charge in [-0.05, 0) is 37.0 Å². The Kier molecular flexibility index (Phi) is 3.27. The maximum Gasteiger partial charge on any atom is 0.244 e. The average Bonchev–Trinajstić information content (AvgIpc) is 2.41. The lowest BCUT2D eigenvalue weighted by Crippen LogP contribution is -2.57. The predicted molar refractivity (Wildman–Crippen MR) is 71.5 cm³/mol. The number of carbonyl (C=O) groups is 1. The van der Waals surface area contributed by atoms with Crippen molar-refractivity contribution in [2.45, 2.75) is 31.3 Å². The van der Waals surface area contributed by atoms with Crippen LogP contribution in [0.3, 0.4) is 0 Å². The van der Waals surface area contributed by atoms with Crippen molar-refractivity contribution in [1.82, 2.24) is 10.2 Å². The number of halogens is 1. The third kappa shape index (κ3) is 2.13. The van der Waals surface area contributed by atoms with Crippen LogP contribution in [0.4, 0.5) is 0 Å². The van der Waals surface area contributed by atoms with E-state index in [4.69, 9.17) is 11.6 Å². The Bertz CT molecular complexity index is 446. The van der Waals surface area contributed by atoms with Gasteiger partial charge in [-0.15, -0.1) is 0 Å². The van der Waals surface area contributed by atoms with Crippen molar-refractivity contribution in [3.05, 3.63) is 34.9 Å². The monoisotopic (exact) mass is 264 g/mol. The van der Waals surface area contributed by atoms with Gasteiger partial charge in [0.05, 0.1) is 0 Å². The zero-order valence-electron chi connectivity index (χ0n) is 10.2. The van der Waals surface area contributed by atoms with Crippen LogP contribution in [-0.2, 0) is 4.79 Å². The van der Waals surface area contributed by atoms with Gasteiger partial charge in [-0.2, -0.15) is 0 Å². The summed E-state index contributed by atoms with van der Waals surface area (Å²) < 4.78 is 0. The minimum Gasteiger partial charge on any atom is -0.337 e. The number of amides is 1. The molecule has 3 nitrogen and oxygen atoms in total. The topological polar surface area (TPSA) is 32.3 Å². The normalized spacial score (nSPS) is 28.1. The van der Waals surface area contributed by atoms with Crippen molar-refractivity contribution in [3.8, 4) is 0 Å². The first-order chi connectivity index (χ1) is 8.75. The van der Waals surface area contributed by atoms with Crippen LogP contribution in [0.15, 0.2) is 24.3 Å². The highest BCUT2D eigenvalue weighted by molar-refractivity contribution is 6.30. The van der Waals surface area contributed by atoms with Gasteiger partial charge in [0.15, 0.2) is 0 Å². The highest BCUT2D eigenvalue weighted by Crippen LogP contribution is 2.27. The molecule has 96 valence electrons. The van der Waals surface area contributed by atoms with Crippen LogP contribution in [0.2, 0.25) is 5.02 Å². The molecule has 0 bridgehead atoms. The molecule has 4 heteroatoms. The van der Waals surface area contributed by atoms with Gasteiger partial charge in [0.2, 0.25) is 5.91 Å². The fraction of sp³-hybridized carbons (Fsp3) is 0.500. The van der Waals surface area contributed by atoms with E-state index in [1.54, 1.807) is 0 Å². The van der Waals surface area contributed by atoms with E-state index in [9.17, 15) is 4.79 Å². The maximum absolute atomic E-state index is 12.5. The van der Waals surface area contributed by atoms with Gasteiger partial charge >= 0.3 is 0 Å². The molecule has 1 aromatic carbocycles. The Morgan fingerprint density at radius 1 is 1.22 bits per heavy atom. The van der Waals surface area contributed by atoms with Gasteiger partial charge in [0.25, 0.3) is 0 Å². The van der Waals surface area contributed by atoms with E-state index in [-0.39, 0.29) is 11.9 Å². The number of hydrogen-bond acceptors (Lipinski definition) is 2. The third-order valence-electron chi connectivity index (χ3n) is 3.92. The van der Waals surface area contributed by atoms with Crippen LogP contribution in [0.25, 0.3) is 0 Å². The third-order valence-corrected chi connectivity index (χ3v) is 4.17. The predicted octanol–water partition coefficient (Wildman–Crippen LogP) is 2.37. The van der Waals surface area contributed by atoms with Crippen LogP contribution < -0.4 is 5.32 Å². The van der Waals surface area contributed by atoms with Gasteiger partial charge in [-0.3, -0.25) is 4.79 Å². The number of carbonyl (C=O) groups excluding carboxylic acids is 1. The van der Waals surface area contributed by atoms with Crippen molar-refractivity contribution in [3.63, 3.8) is 0 Å². The fourth-order valence-electron chi connectivity index (χ4n) is 2.93. The largest absolute Gasteiger partial charge is 0.337 e. The molecular formula is C14H17ClN2O. The summed E-state index contributed by atoms with van der Waals surface area (Å²) in [6, 6.07) is 7.75. The molecule has 0 radical (unpaired) electrons. The summed E-state index contributed by atoms with van der Waals surface area (Å²) >= 11 is 5.88.